The molecule has 0 aromatic heterocycles. The van der Waals surface area contributed by atoms with Crippen LogP contribution in [0.1, 0.15) is 51.9 Å². The van der Waals surface area contributed by atoms with E-state index in [0.717, 1.165) is 17.8 Å². The maximum Gasteiger partial charge on any atom is 0.0166 e. The van der Waals surface area contributed by atoms with Crippen LogP contribution in [0, 0.1) is 17.8 Å². The zero-order valence-electron chi connectivity index (χ0n) is 12.0. The molecule has 2 bridgehead atoms. The Hall–Kier alpha value is -0.0800. The lowest BCUT2D eigenvalue weighted by Crippen LogP contribution is -2.43. The Morgan fingerprint density at radius 1 is 1.11 bits per heavy atom. The first-order valence-electron chi connectivity index (χ1n) is 8.27. The second kappa shape index (κ2) is 5.92. The van der Waals surface area contributed by atoms with Gasteiger partial charge in [-0.2, -0.15) is 0 Å². The molecule has 0 aromatic carbocycles. The number of nitrogens with zero attached hydrogens (tertiary/aromatic N) is 1. The van der Waals surface area contributed by atoms with E-state index in [1.807, 2.05) is 0 Å². The summed E-state index contributed by atoms with van der Waals surface area (Å²) in [6.07, 6.45) is 10.4. The van der Waals surface area contributed by atoms with Crippen LogP contribution in [0.5, 0.6) is 0 Å². The number of piperidine rings is 1. The van der Waals surface area contributed by atoms with Crippen LogP contribution >= 0.6 is 0 Å². The topological polar surface area (TPSA) is 15.3 Å². The lowest BCUT2D eigenvalue weighted by molar-refractivity contribution is 0.203. The smallest absolute Gasteiger partial charge is 0.0166 e. The van der Waals surface area contributed by atoms with Gasteiger partial charge in [-0.15, -0.1) is 0 Å². The highest BCUT2D eigenvalue weighted by Gasteiger charge is 2.39. The Balaban J connectivity index is 1.35. The van der Waals surface area contributed by atoms with Gasteiger partial charge in [0.1, 0.15) is 0 Å². The van der Waals surface area contributed by atoms with Crippen molar-refractivity contribution < 1.29 is 0 Å². The van der Waals surface area contributed by atoms with E-state index in [9.17, 15) is 0 Å². The summed E-state index contributed by atoms with van der Waals surface area (Å²) in [6.45, 7) is 7.60. The highest BCUT2D eigenvalue weighted by atomic mass is 15.1. The fourth-order valence-electron chi connectivity index (χ4n) is 4.57. The molecule has 18 heavy (non-hydrogen) atoms. The van der Waals surface area contributed by atoms with Crippen molar-refractivity contribution in [2.45, 2.75) is 57.9 Å². The number of likely N-dealkylation sites (tertiary alicyclic amines) is 1. The molecule has 1 saturated heterocycles. The van der Waals surface area contributed by atoms with E-state index >= 15 is 0 Å². The van der Waals surface area contributed by atoms with E-state index in [2.05, 4.69) is 17.1 Å². The predicted molar refractivity (Wildman–Crippen MR) is 76.7 cm³/mol. The second-order valence-electron chi connectivity index (χ2n) is 7.11. The molecular weight excluding hydrogens is 220 g/mol. The van der Waals surface area contributed by atoms with Crippen molar-refractivity contribution in [2.24, 2.45) is 17.8 Å². The van der Waals surface area contributed by atoms with Crippen LogP contribution in [-0.4, -0.2) is 37.1 Å². The Morgan fingerprint density at radius 2 is 1.94 bits per heavy atom. The van der Waals surface area contributed by atoms with Gasteiger partial charge in [-0.05, 0) is 76.4 Å². The predicted octanol–water partition coefficient (Wildman–Crippen LogP) is 2.89. The van der Waals surface area contributed by atoms with Crippen molar-refractivity contribution >= 4 is 0 Å². The van der Waals surface area contributed by atoms with E-state index in [0.29, 0.717) is 6.04 Å². The van der Waals surface area contributed by atoms with E-state index in [4.69, 9.17) is 0 Å². The molecule has 4 unspecified atom stereocenters. The number of hydrogen-bond donors (Lipinski definition) is 1. The first-order valence-corrected chi connectivity index (χ1v) is 8.27. The van der Waals surface area contributed by atoms with Gasteiger partial charge in [0.15, 0.2) is 0 Å². The maximum absolute atomic E-state index is 3.82. The molecule has 104 valence electrons. The SMILES string of the molecule is CC(CN1CCCCC1)NCC1CC2CCC1C2. The highest BCUT2D eigenvalue weighted by Crippen LogP contribution is 2.47. The Kier molecular flexibility index (Phi) is 4.25. The van der Waals surface area contributed by atoms with Gasteiger partial charge < -0.3 is 10.2 Å². The molecule has 3 fully saturated rings. The molecule has 3 aliphatic rings. The molecule has 1 aliphatic heterocycles. The van der Waals surface area contributed by atoms with E-state index in [1.54, 1.807) is 6.42 Å². The number of nitrogens with one attached hydrogen (secondary N) is 1. The van der Waals surface area contributed by atoms with Crippen LogP contribution in [-0.2, 0) is 0 Å². The minimum atomic E-state index is 0.683. The summed E-state index contributed by atoms with van der Waals surface area (Å²) < 4.78 is 0. The molecule has 0 radical (unpaired) electrons. The lowest BCUT2D eigenvalue weighted by atomic mass is 9.89. The fraction of sp³-hybridized carbons (Fsp3) is 1.00. The Morgan fingerprint density at radius 3 is 2.61 bits per heavy atom. The summed E-state index contributed by atoms with van der Waals surface area (Å²) in [5.74, 6) is 3.18. The highest BCUT2D eigenvalue weighted by molar-refractivity contribution is 4.91. The molecule has 1 N–H and O–H groups in total. The minimum absolute atomic E-state index is 0.683. The van der Waals surface area contributed by atoms with Crippen molar-refractivity contribution in [1.82, 2.24) is 10.2 Å². The zero-order valence-corrected chi connectivity index (χ0v) is 12.0. The molecule has 0 aromatic rings. The van der Waals surface area contributed by atoms with Crippen molar-refractivity contribution in [3.8, 4) is 0 Å². The van der Waals surface area contributed by atoms with Gasteiger partial charge in [0.05, 0.1) is 0 Å². The Bertz CT molecular complexity index is 260. The van der Waals surface area contributed by atoms with Crippen molar-refractivity contribution in [3.63, 3.8) is 0 Å². The molecule has 2 nitrogen and oxygen atoms in total. The van der Waals surface area contributed by atoms with Gasteiger partial charge in [-0.3, -0.25) is 0 Å². The zero-order chi connectivity index (χ0) is 12.4. The Labute approximate surface area is 113 Å². The fourth-order valence-corrected chi connectivity index (χ4v) is 4.57. The average Bonchev–Trinajstić information content (AvgIpc) is 3.00. The van der Waals surface area contributed by atoms with Crippen LogP contribution in [0.4, 0.5) is 0 Å². The summed E-state index contributed by atoms with van der Waals surface area (Å²) in [5.41, 5.74) is 0. The summed E-state index contributed by atoms with van der Waals surface area (Å²) in [5, 5.41) is 3.82. The first-order chi connectivity index (χ1) is 8.81. The normalized spacial score (nSPS) is 38.2. The van der Waals surface area contributed by atoms with Gasteiger partial charge in [0.25, 0.3) is 0 Å². The molecule has 2 heteroatoms. The number of fused-ring (bicyclic) bond motifs is 2. The van der Waals surface area contributed by atoms with Crippen LogP contribution < -0.4 is 5.32 Å². The third-order valence-electron chi connectivity index (χ3n) is 5.59. The van der Waals surface area contributed by atoms with E-state index < -0.39 is 0 Å². The monoisotopic (exact) mass is 250 g/mol. The van der Waals surface area contributed by atoms with Crippen LogP contribution in [0.2, 0.25) is 0 Å². The standard InChI is InChI=1S/C16H30N2/c1-13(12-18-7-3-2-4-8-18)17-11-16-10-14-5-6-15(16)9-14/h13-17H,2-12H2,1H3. The van der Waals surface area contributed by atoms with Crippen LogP contribution in [0.25, 0.3) is 0 Å². The van der Waals surface area contributed by atoms with Crippen molar-refractivity contribution in [3.05, 3.63) is 0 Å². The van der Waals surface area contributed by atoms with E-state index in [-0.39, 0.29) is 0 Å². The molecular formula is C16H30N2. The largest absolute Gasteiger partial charge is 0.313 e. The molecule has 4 atom stereocenters. The van der Waals surface area contributed by atoms with Gasteiger partial charge >= 0.3 is 0 Å². The maximum atomic E-state index is 3.82. The summed E-state index contributed by atoms with van der Waals surface area (Å²) >= 11 is 0. The van der Waals surface area contributed by atoms with Gasteiger partial charge in [0.2, 0.25) is 0 Å². The summed E-state index contributed by atoms with van der Waals surface area (Å²) in [4.78, 5) is 2.65. The minimum Gasteiger partial charge on any atom is -0.313 e. The molecule has 2 saturated carbocycles. The van der Waals surface area contributed by atoms with Gasteiger partial charge in [-0.25, -0.2) is 0 Å². The van der Waals surface area contributed by atoms with Gasteiger partial charge in [0, 0.05) is 12.6 Å². The first kappa shape index (κ1) is 12.9. The summed E-state index contributed by atoms with van der Waals surface area (Å²) in [6, 6.07) is 0.683. The second-order valence-corrected chi connectivity index (χ2v) is 7.11. The molecule has 1 heterocycles. The quantitative estimate of drug-likeness (QED) is 0.807. The molecule has 0 amide bonds. The lowest BCUT2D eigenvalue weighted by Gasteiger charge is -2.30. The van der Waals surface area contributed by atoms with Crippen LogP contribution in [0.15, 0.2) is 0 Å². The molecule has 0 spiro atoms. The number of rotatable bonds is 5. The molecule has 3 rings (SSSR count). The third kappa shape index (κ3) is 3.08. The van der Waals surface area contributed by atoms with Crippen LogP contribution in [0.3, 0.4) is 0 Å². The third-order valence-corrected chi connectivity index (χ3v) is 5.59. The summed E-state index contributed by atoms with van der Waals surface area (Å²) in [7, 11) is 0. The molecule has 2 aliphatic carbocycles. The average molecular weight is 250 g/mol. The number of hydrogen-bond acceptors (Lipinski definition) is 2. The van der Waals surface area contributed by atoms with Crippen molar-refractivity contribution in [2.75, 3.05) is 26.2 Å². The van der Waals surface area contributed by atoms with Crippen molar-refractivity contribution in [1.29, 1.82) is 0 Å². The van der Waals surface area contributed by atoms with E-state index in [1.165, 1.54) is 64.7 Å². The van der Waals surface area contributed by atoms with Gasteiger partial charge in [-0.1, -0.05) is 12.8 Å².